The smallest absolute Gasteiger partial charge is 0.228 e. The van der Waals surface area contributed by atoms with Gasteiger partial charge in [0.1, 0.15) is 0 Å². The van der Waals surface area contributed by atoms with Gasteiger partial charge in [-0.2, -0.15) is 0 Å². The summed E-state index contributed by atoms with van der Waals surface area (Å²) >= 11 is 11.6. The number of hydrogen-bond acceptors (Lipinski definition) is 3. The van der Waals surface area contributed by atoms with Gasteiger partial charge < -0.3 is 5.32 Å². The van der Waals surface area contributed by atoms with Crippen LogP contribution < -0.4 is 5.32 Å². The van der Waals surface area contributed by atoms with Crippen LogP contribution in [0.1, 0.15) is 6.42 Å². The van der Waals surface area contributed by atoms with Gasteiger partial charge in [-0.15, -0.1) is 0 Å². The Morgan fingerprint density at radius 3 is 2.56 bits per heavy atom. The lowest BCUT2D eigenvalue weighted by molar-refractivity contribution is -0.119. The number of carbonyl (C=O) groups is 1. The van der Waals surface area contributed by atoms with Crippen molar-refractivity contribution in [1.82, 2.24) is 0 Å². The van der Waals surface area contributed by atoms with Crippen LogP contribution in [0.5, 0.6) is 0 Å². The molecular weight excluding hydrogens is 297 g/mol. The molecule has 1 aromatic rings. The van der Waals surface area contributed by atoms with Gasteiger partial charge in [-0.3, -0.25) is 4.79 Å². The van der Waals surface area contributed by atoms with Gasteiger partial charge in [-0.25, -0.2) is 8.42 Å². The molecule has 0 bridgehead atoms. The average molecular weight is 308 g/mol. The third kappa shape index (κ3) is 3.16. The molecule has 0 aliphatic carbocycles. The molecule has 4 nitrogen and oxygen atoms in total. The van der Waals surface area contributed by atoms with E-state index in [4.69, 9.17) is 23.2 Å². The Kier molecular flexibility index (Phi) is 3.84. The molecule has 0 radical (unpaired) electrons. The van der Waals surface area contributed by atoms with Crippen molar-refractivity contribution in [3.05, 3.63) is 28.2 Å². The van der Waals surface area contributed by atoms with Gasteiger partial charge in [-0.1, -0.05) is 23.2 Å². The van der Waals surface area contributed by atoms with E-state index in [2.05, 4.69) is 5.32 Å². The molecule has 0 aromatic heterocycles. The fourth-order valence-corrected chi connectivity index (χ4v) is 3.86. The Labute approximate surface area is 115 Å². The summed E-state index contributed by atoms with van der Waals surface area (Å²) in [4.78, 5) is 11.8. The van der Waals surface area contributed by atoms with Crippen molar-refractivity contribution < 1.29 is 13.2 Å². The lowest BCUT2D eigenvalue weighted by Gasteiger charge is -2.10. The largest absolute Gasteiger partial charge is 0.326 e. The van der Waals surface area contributed by atoms with Crippen LogP contribution in [0.3, 0.4) is 0 Å². The second-order valence-corrected chi connectivity index (χ2v) is 7.26. The minimum absolute atomic E-state index is 0.0759. The molecule has 1 N–H and O–H groups in total. The summed E-state index contributed by atoms with van der Waals surface area (Å²) in [6.07, 6.45) is 0.371. The van der Waals surface area contributed by atoms with Crippen molar-refractivity contribution in [3.63, 3.8) is 0 Å². The van der Waals surface area contributed by atoms with Gasteiger partial charge in [0.05, 0.1) is 27.5 Å². The zero-order valence-electron chi connectivity index (χ0n) is 9.32. The summed E-state index contributed by atoms with van der Waals surface area (Å²) in [5.74, 6) is -0.786. The number of nitrogens with one attached hydrogen (secondary N) is 1. The quantitative estimate of drug-likeness (QED) is 0.912. The number of benzene rings is 1. The molecular formula is C11H11Cl2NO3S. The van der Waals surface area contributed by atoms with Crippen LogP contribution in [-0.2, 0) is 14.6 Å². The van der Waals surface area contributed by atoms with Crippen molar-refractivity contribution in [1.29, 1.82) is 0 Å². The van der Waals surface area contributed by atoms with Crippen molar-refractivity contribution in [2.75, 3.05) is 16.8 Å². The summed E-state index contributed by atoms with van der Waals surface area (Å²) in [6, 6.07) is 4.73. The fourth-order valence-electron chi connectivity index (χ4n) is 1.82. The van der Waals surface area contributed by atoms with Crippen LogP contribution in [-0.4, -0.2) is 25.8 Å². The molecule has 1 aliphatic heterocycles. The number of anilines is 1. The third-order valence-electron chi connectivity index (χ3n) is 2.79. The summed E-state index contributed by atoms with van der Waals surface area (Å²) in [7, 11) is -3.06. The number of sulfone groups is 1. The van der Waals surface area contributed by atoms with E-state index in [0.29, 0.717) is 22.2 Å². The van der Waals surface area contributed by atoms with Gasteiger partial charge >= 0.3 is 0 Å². The molecule has 7 heteroatoms. The Balaban J connectivity index is 2.06. The normalized spacial score (nSPS) is 21.8. The Morgan fingerprint density at radius 1 is 1.28 bits per heavy atom. The van der Waals surface area contributed by atoms with E-state index in [-0.39, 0.29) is 17.4 Å². The first kappa shape index (κ1) is 13.6. The predicted molar refractivity (Wildman–Crippen MR) is 71.9 cm³/mol. The molecule has 1 heterocycles. The first-order valence-corrected chi connectivity index (χ1v) is 7.91. The lowest BCUT2D eigenvalue weighted by Crippen LogP contribution is -2.23. The van der Waals surface area contributed by atoms with Crippen molar-refractivity contribution in [2.45, 2.75) is 6.42 Å². The van der Waals surface area contributed by atoms with E-state index in [0.717, 1.165) is 0 Å². The highest BCUT2D eigenvalue weighted by molar-refractivity contribution is 7.91. The molecule has 1 saturated heterocycles. The molecule has 18 heavy (non-hydrogen) atoms. The van der Waals surface area contributed by atoms with Crippen LogP contribution in [0.25, 0.3) is 0 Å². The molecule has 1 fully saturated rings. The summed E-state index contributed by atoms with van der Waals surface area (Å²) in [6.45, 7) is 0. The second-order valence-electron chi connectivity index (χ2n) is 4.22. The highest BCUT2D eigenvalue weighted by atomic mass is 35.5. The van der Waals surface area contributed by atoms with Crippen LogP contribution in [0.4, 0.5) is 5.69 Å². The average Bonchev–Trinajstić information content (AvgIpc) is 2.64. The van der Waals surface area contributed by atoms with Crippen LogP contribution >= 0.6 is 23.2 Å². The number of amides is 1. The van der Waals surface area contributed by atoms with E-state index < -0.39 is 15.8 Å². The third-order valence-corrected chi connectivity index (χ3v) is 5.30. The van der Waals surface area contributed by atoms with Gasteiger partial charge in [0.25, 0.3) is 0 Å². The molecule has 0 unspecified atom stereocenters. The van der Waals surface area contributed by atoms with E-state index in [1.54, 1.807) is 12.1 Å². The molecule has 1 atom stereocenters. The highest BCUT2D eigenvalue weighted by Gasteiger charge is 2.32. The molecule has 1 aliphatic rings. The second kappa shape index (κ2) is 5.07. The van der Waals surface area contributed by atoms with E-state index >= 15 is 0 Å². The maximum Gasteiger partial charge on any atom is 0.228 e. The molecule has 2 rings (SSSR count). The van der Waals surface area contributed by atoms with Gasteiger partial charge in [0, 0.05) is 5.69 Å². The number of carbonyl (C=O) groups excluding carboxylic acids is 1. The highest BCUT2D eigenvalue weighted by Crippen LogP contribution is 2.26. The van der Waals surface area contributed by atoms with Gasteiger partial charge in [0.2, 0.25) is 5.91 Å². The Bertz CT molecular complexity index is 586. The van der Waals surface area contributed by atoms with Crippen molar-refractivity contribution >= 4 is 44.6 Å². The zero-order valence-corrected chi connectivity index (χ0v) is 11.6. The van der Waals surface area contributed by atoms with Crippen LogP contribution in [0, 0.1) is 5.92 Å². The van der Waals surface area contributed by atoms with E-state index in [9.17, 15) is 13.2 Å². The van der Waals surface area contributed by atoms with E-state index in [1.165, 1.54) is 6.07 Å². The molecule has 0 saturated carbocycles. The zero-order chi connectivity index (χ0) is 13.3. The van der Waals surface area contributed by atoms with Gasteiger partial charge in [0.15, 0.2) is 9.84 Å². The fraction of sp³-hybridized carbons (Fsp3) is 0.364. The Hall–Kier alpha value is -0.780. The molecule has 1 aromatic carbocycles. The Morgan fingerprint density at radius 2 is 2.00 bits per heavy atom. The molecule has 1 amide bonds. The maximum atomic E-state index is 11.8. The number of rotatable bonds is 2. The summed E-state index contributed by atoms with van der Waals surface area (Å²) in [5.41, 5.74) is 0.513. The number of hydrogen-bond donors (Lipinski definition) is 1. The number of halogens is 2. The van der Waals surface area contributed by atoms with Crippen LogP contribution in [0.15, 0.2) is 18.2 Å². The molecule has 98 valence electrons. The first-order valence-electron chi connectivity index (χ1n) is 5.34. The monoisotopic (exact) mass is 307 g/mol. The summed E-state index contributed by atoms with van der Waals surface area (Å²) in [5, 5.41) is 3.39. The SMILES string of the molecule is O=C(Nc1ccc(Cl)c(Cl)c1)[C@@H]1CCS(=O)(=O)C1. The lowest BCUT2D eigenvalue weighted by atomic mass is 10.1. The predicted octanol–water partition coefficient (Wildman–Crippen LogP) is 2.37. The van der Waals surface area contributed by atoms with Crippen LogP contribution in [0.2, 0.25) is 10.0 Å². The van der Waals surface area contributed by atoms with Crippen molar-refractivity contribution in [3.8, 4) is 0 Å². The minimum atomic E-state index is -3.06. The minimum Gasteiger partial charge on any atom is -0.326 e. The van der Waals surface area contributed by atoms with Gasteiger partial charge in [-0.05, 0) is 24.6 Å². The standard InChI is InChI=1S/C11H11Cl2NO3S/c12-9-2-1-8(5-10(9)13)14-11(15)7-3-4-18(16,17)6-7/h1-2,5,7H,3-4,6H2,(H,14,15)/t7-/m1/s1. The first-order chi connectivity index (χ1) is 8.37. The summed E-state index contributed by atoms with van der Waals surface area (Å²) < 4.78 is 22.6. The topological polar surface area (TPSA) is 63.2 Å². The van der Waals surface area contributed by atoms with E-state index in [1.807, 2.05) is 0 Å². The molecule has 0 spiro atoms. The van der Waals surface area contributed by atoms with Crippen molar-refractivity contribution in [2.24, 2.45) is 5.92 Å². The maximum absolute atomic E-state index is 11.8.